The standard InChI is InChI=1S/C13H13ClN2S/c14-10-4-1-3-9(7-10)13-16-12(8-17-13)11-5-2-6-15-11/h1,3-4,7-8,11,15H,2,5-6H2. The zero-order chi connectivity index (χ0) is 11.7. The molecule has 1 aromatic heterocycles. The number of thiazole rings is 1. The number of halogens is 1. The average Bonchev–Trinajstić information content (AvgIpc) is 3.00. The number of nitrogens with one attached hydrogen (secondary N) is 1. The second-order valence-corrected chi connectivity index (χ2v) is 5.53. The van der Waals surface area contributed by atoms with Crippen molar-refractivity contribution in [2.45, 2.75) is 18.9 Å². The van der Waals surface area contributed by atoms with Crippen LogP contribution in [-0.4, -0.2) is 11.5 Å². The molecule has 1 atom stereocenters. The van der Waals surface area contributed by atoms with E-state index in [1.807, 2.05) is 18.2 Å². The summed E-state index contributed by atoms with van der Waals surface area (Å²) in [6.45, 7) is 1.11. The van der Waals surface area contributed by atoms with E-state index in [2.05, 4.69) is 16.8 Å². The van der Waals surface area contributed by atoms with Crippen LogP contribution in [0.4, 0.5) is 0 Å². The van der Waals surface area contributed by atoms with Crippen LogP contribution in [0.5, 0.6) is 0 Å². The van der Waals surface area contributed by atoms with Crippen molar-refractivity contribution in [2.24, 2.45) is 0 Å². The summed E-state index contributed by atoms with van der Waals surface area (Å²) in [6.07, 6.45) is 2.44. The summed E-state index contributed by atoms with van der Waals surface area (Å²) >= 11 is 7.68. The van der Waals surface area contributed by atoms with Gasteiger partial charge in [-0.3, -0.25) is 0 Å². The van der Waals surface area contributed by atoms with Gasteiger partial charge in [-0.1, -0.05) is 23.7 Å². The summed E-state index contributed by atoms with van der Waals surface area (Å²) in [5.41, 5.74) is 2.27. The number of nitrogens with zero attached hydrogens (tertiary/aromatic N) is 1. The Morgan fingerprint density at radius 3 is 3.12 bits per heavy atom. The first-order chi connectivity index (χ1) is 8.33. The molecule has 1 fully saturated rings. The summed E-state index contributed by atoms with van der Waals surface area (Å²) < 4.78 is 0. The second-order valence-electron chi connectivity index (χ2n) is 4.24. The lowest BCUT2D eigenvalue weighted by Crippen LogP contribution is -2.12. The molecular formula is C13H13ClN2S. The third kappa shape index (κ3) is 2.37. The SMILES string of the molecule is Clc1cccc(-c2nc(C3CCCN3)cs2)c1. The number of rotatable bonds is 2. The van der Waals surface area contributed by atoms with Gasteiger partial charge in [-0.15, -0.1) is 11.3 Å². The van der Waals surface area contributed by atoms with Crippen LogP contribution in [0, 0.1) is 0 Å². The third-order valence-corrected chi connectivity index (χ3v) is 4.16. The molecule has 1 saturated heterocycles. The number of benzene rings is 1. The number of hydrogen-bond donors (Lipinski definition) is 1. The smallest absolute Gasteiger partial charge is 0.123 e. The zero-order valence-electron chi connectivity index (χ0n) is 9.32. The van der Waals surface area contributed by atoms with Gasteiger partial charge < -0.3 is 5.32 Å². The van der Waals surface area contributed by atoms with Gasteiger partial charge in [-0.05, 0) is 31.5 Å². The molecule has 2 aromatic rings. The van der Waals surface area contributed by atoms with Crippen molar-refractivity contribution >= 4 is 22.9 Å². The van der Waals surface area contributed by atoms with Gasteiger partial charge >= 0.3 is 0 Å². The van der Waals surface area contributed by atoms with Crippen LogP contribution < -0.4 is 5.32 Å². The van der Waals surface area contributed by atoms with E-state index in [0.29, 0.717) is 6.04 Å². The van der Waals surface area contributed by atoms with E-state index in [1.54, 1.807) is 11.3 Å². The first-order valence-corrected chi connectivity index (χ1v) is 7.03. The molecule has 4 heteroatoms. The molecule has 88 valence electrons. The van der Waals surface area contributed by atoms with Gasteiger partial charge in [0.1, 0.15) is 5.01 Å². The normalized spacial score (nSPS) is 19.7. The van der Waals surface area contributed by atoms with Crippen LogP contribution in [0.25, 0.3) is 10.6 Å². The van der Waals surface area contributed by atoms with Crippen molar-refractivity contribution in [3.63, 3.8) is 0 Å². The van der Waals surface area contributed by atoms with Crippen molar-refractivity contribution in [1.82, 2.24) is 10.3 Å². The maximum absolute atomic E-state index is 5.99. The molecule has 1 aliphatic rings. The highest BCUT2D eigenvalue weighted by Crippen LogP contribution is 2.30. The third-order valence-electron chi connectivity index (χ3n) is 3.01. The fourth-order valence-corrected chi connectivity index (χ4v) is 3.20. The molecule has 1 aliphatic heterocycles. The first-order valence-electron chi connectivity index (χ1n) is 5.78. The van der Waals surface area contributed by atoms with E-state index < -0.39 is 0 Å². The summed E-state index contributed by atoms with van der Waals surface area (Å²) in [6, 6.07) is 8.31. The van der Waals surface area contributed by atoms with Crippen molar-refractivity contribution in [1.29, 1.82) is 0 Å². The van der Waals surface area contributed by atoms with E-state index in [-0.39, 0.29) is 0 Å². The maximum atomic E-state index is 5.99. The Kier molecular flexibility index (Phi) is 3.14. The fourth-order valence-electron chi connectivity index (χ4n) is 2.14. The van der Waals surface area contributed by atoms with E-state index in [1.165, 1.54) is 18.5 Å². The maximum Gasteiger partial charge on any atom is 0.123 e. The topological polar surface area (TPSA) is 24.9 Å². The second kappa shape index (κ2) is 4.77. The minimum atomic E-state index is 0.444. The van der Waals surface area contributed by atoms with Gasteiger partial charge in [-0.25, -0.2) is 4.98 Å². The molecule has 1 N–H and O–H groups in total. The molecule has 2 heterocycles. The lowest BCUT2D eigenvalue weighted by atomic mass is 10.2. The molecule has 3 rings (SSSR count). The van der Waals surface area contributed by atoms with Gasteiger partial charge in [0, 0.05) is 16.0 Å². The van der Waals surface area contributed by atoms with Gasteiger partial charge in [0.05, 0.1) is 11.7 Å². The molecule has 0 bridgehead atoms. The molecule has 0 aliphatic carbocycles. The molecule has 0 radical (unpaired) electrons. The van der Waals surface area contributed by atoms with Crippen LogP contribution in [0.3, 0.4) is 0 Å². The number of hydrogen-bond acceptors (Lipinski definition) is 3. The van der Waals surface area contributed by atoms with E-state index in [0.717, 1.165) is 22.1 Å². The highest BCUT2D eigenvalue weighted by Gasteiger charge is 2.19. The summed E-state index contributed by atoms with van der Waals surface area (Å²) in [7, 11) is 0. The van der Waals surface area contributed by atoms with E-state index in [9.17, 15) is 0 Å². The molecule has 0 saturated carbocycles. The predicted molar refractivity (Wildman–Crippen MR) is 72.5 cm³/mol. The Morgan fingerprint density at radius 2 is 2.35 bits per heavy atom. The summed E-state index contributed by atoms with van der Waals surface area (Å²) in [5, 5.41) is 7.43. The molecule has 17 heavy (non-hydrogen) atoms. The summed E-state index contributed by atoms with van der Waals surface area (Å²) in [4.78, 5) is 4.70. The van der Waals surface area contributed by atoms with Gasteiger partial charge in [0.25, 0.3) is 0 Å². The minimum Gasteiger partial charge on any atom is -0.309 e. The Balaban J connectivity index is 1.89. The Labute approximate surface area is 110 Å². The van der Waals surface area contributed by atoms with Crippen LogP contribution in [0.15, 0.2) is 29.6 Å². The van der Waals surface area contributed by atoms with E-state index >= 15 is 0 Å². The Morgan fingerprint density at radius 1 is 1.41 bits per heavy atom. The van der Waals surface area contributed by atoms with Gasteiger partial charge in [0.15, 0.2) is 0 Å². The van der Waals surface area contributed by atoms with Crippen molar-refractivity contribution in [3.05, 3.63) is 40.4 Å². The van der Waals surface area contributed by atoms with Crippen molar-refractivity contribution < 1.29 is 0 Å². The molecule has 2 nitrogen and oxygen atoms in total. The lowest BCUT2D eigenvalue weighted by Gasteiger charge is -2.05. The molecule has 1 unspecified atom stereocenters. The highest BCUT2D eigenvalue weighted by molar-refractivity contribution is 7.13. The quantitative estimate of drug-likeness (QED) is 0.890. The molecule has 1 aromatic carbocycles. The summed E-state index contributed by atoms with van der Waals surface area (Å²) in [5.74, 6) is 0. The Bertz CT molecular complexity index is 518. The van der Waals surface area contributed by atoms with Crippen molar-refractivity contribution in [3.8, 4) is 10.6 Å². The minimum absolute atomic E-state index is 0.444. The van der Waals surface area contributed by atoms with Crippen LogP contribution in [0.2, 0.25) is 5.02 Å². The average molecular weight is 265 g/mol. The Hall–Kier alpha value is -0.900. The van der Waals surface area contributed by atoms with Crippen LogP contribution in [0.1, 0.15) is 24.6 Å². The fraction of sp³-hybridized carbons (Fsp3) is 0.308. The number of aromatic nitrogens is 1. The van der Waals surface area contributed by atoms with E-state index in [4.69, 9.17) is 16.6 Å². The predicted octanol–water partition coefficient (Wildman–Crippen LogP) is 3.89. The van der Waals surface area contributed by atoms with Crippen LogP contribution in [-0.2, 0) is 0 Å². The molecule has 0 amide bonds. The van der Waals surface area contributed by atoms with Crippen molar-refractivity contribution in [2.75, 3.05) is 6.54 Å². The molecular weight excluding hydrogens is 252 g/mol. The van der Waals surface area contributed by atoms with Gasteiger partial charge in [0.2, 0.25) is 0 Å². The molecule has 0 spiro atoms. The van der Waals surface area contributed by atoms with Crippen LogP contribution >= 0.6 is 22.9 Å². The monoisotopic (exact) mass is 264 g/mol. The highest BCUT2D eigenvalue weighted by atomic mass is 35.5. The van der Waals surface area contributed by atoms with Gasteiger partial charge in [-0.2, -0.15) is 0 Å². The largest absolute Gasteiger partial charge is 0.309 e. The lowest BCUT2D eigenvalue weighted by molar-refractivity contribution is 0.632. The first kappa shape index (κ1) is 11.2. The zero-order valence-corrected chi connectivity index (χ0v) is 10.9.